The summed E-state index contributed by atoms with van der Waals surface area (Å²) in [6.45, 7) is 0. The summed E-state index contributed by atoms with van der Waals surface area (Å²) >= 11 is 0. The number of hydrogen-bond acceptors (Lipinski definition) is 4. The maximum Gasteiger partial charge on any atom is 0.336 e. The smallest absolute Gasteiger partial charge is 0.336 e. The average Bonchev–Trinajstić information content (AvgIpc) is 2.39. The number of halogens is 2. The summed E-state index contributed by atoms with van der Waals surface area (Å²) in [4.78, 5) is 11.1. The van der Waals surface area contributed by atoms with Crippen molar-refractivity contribution in [3.05, 3.63) is 41.5 Å². The normalized spacial score (nSPS) is 10.5. The molecule has 0 unspecified atom stereocenters. The number of carboxylic acids is 1. The summed E-state index contributed by atoms with van der Waals surface area (Å²) < 4.78 is 26.9. The summed E-state index contributed by atoms with van der Waals surface area (Å²) in [6, 6.07) is 3.60. The first-order valence-corrected chi connectivity index (χ1v) is 5.30. The third-order valence-corrected chi connectivity index (χ3v) is 2.71. The highest BCUT2D eigenvalue weighted by atomic mass is 19.2. The van der Waals surface area contributed by atoms with E-state index in [0.29, 0.717) is 6.07 Å². The van der Waals surface area contributed by atoms with Crippen molar-refractivity contribution in [3.8, 4) is 28.4 Å². The molecule has 0 amide bonds. The van der Waals surface area contributed by atoms with Crippen LogP contribution in [0.1, 0.15) is 10.4 Å². The Kier molecular flexibility index (Phi) is 3.19. The van der Waals surface area contributed by atoms with E-state index < -0.39 is 51.5 Å². The first-order valence-electron chi connectivity index (χ1n) is 5.30. The van der Waals surface area contributed by atoms with Crippen LogP contribution in [0.2, 0.25) is 0 Å². The Morgan fingerprint density at radius 2 is 1.70 bits per heavy atom. The number of rotatable bonds is 2. The molecule has 0 fully saturated rings. The first-order chi connectivity index (χ1) is 9.34. The second-order valence-electron chi connectivity index (χ2n) is 3.92. The van der Waals surface area contributed by atoms with Crippen LogP contribution in [0.15, 0.2) is 24.3 Å². The molecule has 2 rings (SSSR count). The molecule has 0 atom stereocenters. The molecule has 2 aromatic carbocycles. The van der Waals surface area contributed by atoms with Crippen LogP contribution in [-0.4, -0.2) is 26.4 Å². The number of carbonyl (C=O) groups is 1. The fourth-order valence-corrected chi connectivity index (χ4v) is 1.78. The minimum atomic E-state index is -1.59. The van der Waals surface area contributed by atoms with Gasteiger partial charge in [-0.3, -0.25) is 0 Å². The van der Waals surface area contributed by atoms with Crippen molar-refractivity contribution < 1.29 is 34.0 Å². The van der Waals surface area contributed by atoms with Gasteiger partial charge in [0.2, 0.25) is 5.75 Å². The summed E-state index contributed by atoms with van der Waals surface area (Å²) in [7, 11) is 0. The Balaban J connectivity index is 2.89. The predicted octanol–water partition coefficient (Wildman–Crippen LogP) is 2.45. The van der Waals surface area contributed by atoms with Crippen molar-refractivity contribution in [2.45, 2.75) is 0 Å². The van der Waals surface area contributed by atoms with E-state index in [2.05, 4.69) is 0 Å². The van der Waals surface area contributed by atoms with Gasteiger partial charge >= 0.3 is 5.97 Å². The minimum Gasteiger partial charge on any atom is -0.504 e. The molecule has 0 spiro atoms. The Bertz CT molecular complexity index is 712. The molecule has 4 N–H and O–H groups in total. The molecule has 0 saturated carbocycles. The quantitative estimate of drug-likeness (QED) is 0.634. The number of phenolic OH excluding ortho intramolecular Hbond substituents is 3. The van der Waals surface area contributed by atoms with E-state index in [0.717, 1.165) is 18.2 Å². The van der Waals surface area contributed by atoms with Gasteiger partial charge in [0.05, 0.1) is 5.56 Å². The van der Waals surface area contributed by atoms with Crippen molar-refractivity contribution in [2.75, 3.05) is 0 Å². The van der Waals surface area contributed by atoms with Crippen molar-refractivity contribution in [3.63, 3.8) is 0 Å². The maximum atomic E-state index is 13.7. The van der Waals surface area contributed by atoms with Crippen molar-refractivity contribution >= 4 is 5.97 Å². The van der Waals surface area contributed by atoms with Crippen molar-refractivity contribution in [1.82, 2.24) is 0 Å². The third kappa shape index (κ3) is 1.99. The van der Waals surface area contributed by atoms with Gasteiger partial charge in [0, 0.05) is 11.1 Å². The lowest BCUT2D eigenvalue weighted by Gasteiger charge is -2.12. The van der Waals surface area contributed by atoms with Gasteiger partial charge in [-0.05, 0) is 12.1 Å². The van der Waals surface area contributed by atoms with E-state index >= 15 is 0 Å². The lowest BCUT2D eigenvalue weighted by molar-refractivity contribution is 0.0696. The van der Waals surface area contributed by atoms with E-state index in [1.54, 1.807) is 0 Å². The van der Waals surface area contributed by atoms with E-state index in [4.69, 9.17) is 5.11 Å². The van der Waals surface area contributed by atoms with Crippen LogP contribution in [0, 0.1) is 11.6 Å². The number of carboxylic acid groups (broad SMARTS) is 1. The monoisotopic (exact) mass is 282 g/mol. The molecule has 0 heterocycles. The number of hydrogen-bond donors (Lipinski definition) is 4. The van der Waals surface area contributed by atoms with Gasteiger partial charge < -0.3 is 20.4 Å². The molecule has 0 aliphatic heterocycles. The Hall–Kier alpha value is -2.83. The molecule has 0 aromatic heterocycles. The van der Waals surface area contributed by atoms with E-state index in [1.807, 2.05) is 0 Å². The van der Waals surface area contributed by atoms with Gasteiger partial charge in [0.25, 0.3) is 0 Å². The van der Waals surface area contributed by atoms with Crippen LogP contribution in [0.25, 0.3) is 11.1 Å². The zero-order chi connectivity index (χ0) is 15.0. The number of aromatic hydroxyl groups is 3. The highest BCUT2D eigenvalue weighted by molar-refractivity contribution is 5.99. The molecule has 0 radical (unpaired) electrons. The molecule has 5 nitrogen and oxygen atoms in total. The molecule has 20 heavy (non-hydrogen) atoms. The highest BCUT2D eigenvalue weighted by Gasteiger charge is 2.25. The summed E-state index contributed by atoms with van der Waals surface area (Å²) in [5, 5.41) is 37.4. The second-order valence-corrected chi connectivity index (χ2v) is 3.92. The average molecular weight is 282 g/mol. The number of phenols is 3. The third-order valence-electron chi connectivity index (χ3n) is 2.71. The summed E-state index contributed by atoms with van der Waals surface area (Å²) in [5.41, 5.74) is -1.85. The second kappa shape index (κ2) is 4.69. The van der Waals surface area contributed by atoms with Crippen molar-refractivity contribution in [2.24, 2.45) is 0 Å². The molecule has 104 valence electrons. The van der Waals surface area contributed by atoms with E-state index in [9.17, 15) is 28.9 Å². The topological polar surface area (TPSA) is 98.0 Å². The molecular weight excluding hydrogens is 274 g/mol. The van der Waals surface area contributed by atoms with Gasteiger partial charge in [-0.2, -0.15) is 0 Å². The van der Waals surface area contributed by atoms with Gasteiger partial charge in [0.1, 0.15) is 0 Å². The molecule has 0 saturated heterocycles. The van der Waals surface area contributed by atoms with Gasteiger partial charge in [-0.25, -0.2) is 13.6 Å². The highest BCUT2D eigenvalue weighted by Crippen LogP contribution is 2.45. The van der Waals surface area contributed by atoms with Gasteiger partial charge in [-0.1, -0.05) is 12.1 Å². The van der Waals surface area contributed by atoms with Crippen LogP contribution in [-0.2, 0) is 0 Å². The number of benzene rings is 2. The predicted molar refractivity (Wildman–Crippen MR) is 63.7 cm³/mol. The maximum absolute atomic E-state index is 13.7. The lowest BCUT2D eigenvalue weighted by atomic mass is 9.97. The van der Waals surface area contributed by atoms with Crippen molar-refractivity contribution in [1.29, 1.82) is 0 Å². The molecule has 0 aliphatic carbocycles. The standard InChI is InChI=1S/C13H8F2O5/c14-7-3-1-2-5(10(7)15)9-6(13(19)20)4-8(16)11(17)12(9)18/h1-4,16-18H,(H,19,20). The van der Waals surface area contributed by atoms with Crippen LogP contribution in [0.4, 0.5) is 8.78 Å². The Morgan fingerprint density at radius 1 is 1.05 bits per heavy atom. The largest absolute Gasteiger partial charge is 0.504 e. The van der Waals surface area contributed by atoms with Gasteiger partial charge in [-0.15, -0.1) is 0 Å². The zero-order valence-electron chi connectivity index (χ0n) is 9.76. The number of aromatic carboxylic acids is 1. The molecule has 2 aromatic rings. The fraction of sp³-hybridized carbons (Fsp3) is 0. The summed E-state index contributed by atoms with van der Waals surface area (Å²) in [6.07, 6.45) is 0. The Labute approximate surface area is 111 Å². The fourth-order valence-electron chi connectivity index (χ4n) is 1.78. The van der Waals surface area contributed by atoms with Crippen LogP contribution in [0.5, 0.6) is 17.2 Å². The van der Waals surface area contributed by atoms with Gasteiger partial charge in [0.15, 0.2) is 23.1 Å². The zero-order valence-corrected chi connectivity index (χ0v) is 9.76. The SMILES string of the molecule is O=C(O)c1cc(O)c(O)c(O)c1-c1cccc(F)c1F. The van der Waals surface area contributed by atoms with Crippen LogP contribution < -0.4 is 0 Å². The van der Waals surface area contributed by atoms with E-state index in [-0.39, 0.29) is 0 Å². The molecule has 7 heteroatoms. The molecular formula is C13H8F2O5. The minimum absolute atomic E-state index is 0.546. The molecule has 0 bridgehead atoms. The first kappa shape index (κ1) is 13.6. The van der Waals surface area contributed by atoms with E-state index in [1.165, 1.54) is 0 Å². The Morgan fingerprint density at radius 3 is 2.30 bits per heavy atom. The lowest BCUT2D eigenvalue weighted by Crippen LogP contribution is -2.02. The van der Waals surface area contributed by atoms with Crippen LogP contribution in [0.3, 0.4) is 0 Å². The molecule has 0 aliphatic rings. The van der Waals surface area contributed by atoms with Crippen LogP contribution >= 0.6 is 0 Å². The summed E-state index contributed by atoms with van der Waals surface area (Å²) in [5.74, 6) is -7.17.